The van der Waals surface area contributed by atoms with E-state index in [0.717, 1.165) is 11.1 Å². The summed E-state index contributed by atoms with van der Waals surface area (Å²) in [6.07, 6.45) is 0. The number of carbonyl (C=O) groups is 2. The molecule has 0 saturated carbocycles. The Kier molecular flexibility index (Phi) is 6.03. The summed E-state index contributed by atoms with van der Waals surface area (Å²) in [4.78, 5) is 28.6. The van der Waals surface area contributed by atoms with Crippen LogP contribution in [0.1, 0.15) is 30.5 Å². The molecule has 29 heavy (non-hydrogen) atoms. The normalized spacial score (nSPS) is 14.2. The highest BCUT2D eigenvalue weighted by molar-refractivity contribution is 8.04. The standard InChI is InChI=1S/C23H25NO4S/c1-13(2)29-21-20(16-9-10-18(27-5)19(12-16)28-6)22(25)24(23(21)26)17-11-14(3)7-8-15(17)4/h7-13H,1-6H3. The van der Waals surface area contributed by atoms with Crippen LogP contribution in [-0.2, 0) is 9.59 Å². The van der Waals surface area contributed by atoms with E-state index in [-0.39, 0.29) is 17.1 Å². The van der Waals surface area contributed by atoms with Gasteiger partial charge in [-0.15, -0.1) is 11.8 Å². The van der Waals surface area contributed by atoms with E-state index in [1.165, 1.54) is 16.7 Å². The molecule has 5 nitrogen and oxygen atoms in total. The molecule has 2 aromatic rings. The van der Waals surface area contributed by atoms with Gasteiger partial charge < -0.3 is 9.47 Å². The number of carbonyl (C=O) groups excluding carboxylic acids is 2. The van der Waals surface area contributed by atoms with Gasteiger partial charge in [0.15, 0.2) is 11.5 Å². The molecule has 0 fully saturated rings. The number of rotatable bonds is 6. The third-order valence-corrected chi connectivity index (χ3v) is 5.76. The molecule has 3 rings (SSSR count). The van der Waals surface area contributed by atoms with Gasteiger partial charge in [-0.2, -0.15) is 0 Å². The first-order valence-electron chi connectivity index (χ1n) is 9.37. The minimum absolute atomic E-state index is 0.149. The van der Waals surface area contributed by atoms with E-state index in [1.807, 2.05) is 45.9 Å². The molecule has 0 bridgehead atoms. The van der Waals surface area contributed by atoms with Crippen molar-refractivity contribution in [3.63, 3.8) is 0 Å². The van der Waals surface area contributed by atoms with Crippen molar-refractivity contribution in [1.82, 2.24) is 0 Å². The summed E-state index contributed by atoms with van der Waals surface area (Å²) in [7, 11) is 3.10. The van der Waals surface area contributed by atoms with Crippen LogP contribution in [0.15, 0.2) is 41.3 Å². The molecule has 1 heterocycles. The molecule has 0 unspecified atom stereocenters. The number of nitrogens with zero attached hydrogens (tertiary/aromatic N) is 1. The van der Waals surface area contributed by atoms with Gasteiger partial charge in [0, 0.05) is 5.25 Å². The van der Waals surface area contributed by atoms with Gasteiger partial charge in [0.25, 0.3) is 11.8 Å². The van der Waals surface area contributed by atoms with Gasteiger partial charge in [-0.3, -0.25) is 9.59 Å². The summed E-state index contributed by atoms with van der Waals surface area (Å²) in [6.45, 7) is 7.85. The van der Waals surface area contributed by atoms with Crippen LogP contribution in [0, 0.1) is 13.8 Å². The number of hydrogen-bond donors (Lipinski definition) is 0. The fourth-order valence-corrected chi connectivity index (χ4v) is 4.27. The maximum absolute atomic E-state index is 13.5. The van der Waals surface area contributed by atoms with Gasteiger partial charge in [-0.25, -0.2) is 4.90 Å². The fourth-order valence-electron chi connectivity index (χ4n) is 3.28. The molecule has 0 aliphatic carbocycles. The monoisotopic (exact) mass is 411 g/mol. The Balaban J connectivity index is 2.17. The smallest absolute Gasteiger partial charge is 0.272 e. The van der Waals surface area contributed by atoms with Crippen LogP contribution in [-0.4, -0.2) is 31.3 Å². The number of aryl methyl sites for hydroxylation is 2. The zero-order chi connectivity index (χ0) is 21.3. The van der Waals surface area contributed by atoms with Gasteiger partial charge in [0.1, 0.15) is 0 Å². The van der Waals surface area contributed by atoms with Crippen molar-refractivity contribution in [2.75, 3.05) is 19.1 Å². The van der Waals surface area contributed by atoms with Gasteiger partial charge in [0.05, 0.1) is 30.4 Å². The number of hydrogen-bond acceptors (Lipinski definition) is 5. The Hall–Kier alpha value is -2.73. The van der Waals surface area contributed by atoms with Crippen molar-refractivity contribution in [2.45, 2.75) is 32.9 Å². The molecule has 2 amide bonds. The molecule has 0 radical (unpaired) electrons. The highest BCUT2D eigenvalue weighted by Gasteiger charge is 2.41. The summed E-state index contributed by atoms with van der Waals surface area (Å²) < 4.78 is 10.7. The van der Waals surface area contributed by atoms with Gasteiger partial charge in [0.2, 0.25) is 0 Å². The highest BCUT2D eigenvalue weighted by atomic mass is 32.2. The number of amides is 2. The Morgan fingerprint density at radius 1 is 0.897 bits per heavy atom. The van der Waals surface area contributed by atoms with Gasteiger partial charge in [-0.05, 0) is 48.7 Å². The largest absolute Gasteiger partial charge is 0.493 e. The van der Waals surface area contributed by atoms with E-state index in [0.29, 0.717) is 33.2 Å². The van der Waals surface area contributed by atoms with E-state index in [2.05, 4.69) is 0 Å². The fraction of sp³-hybridized carbons (Fsp3) is 0.304. The minimum Gasteiger partial charge on any atom is -0.493 e. The molecule has 1 aliphatic rings. The molecule has 2 aromatic carbocycles. The number of anilines is 1. The zero-order valence-corrected chi connectivity index (χ0v) is 18.3. The van der Waals surface area contributed by atoms with Crippen LogP contribution in [0.4, 0.5) is 5.69 Å². The first kappa shape index (κ1) is 21.0. The van der Waals surface area contributed by atoms with Crippen LogP contribution < -0.4 is 14.4 Å². The molecular weight excluding hydrogens is 386 g/mol. The SMILES string of the molecule is COc1ccc(C2=C(SC(C)C)C(=O)N(c3cc(C)ccc3C)C2=O)cc1OC. The van der Waals surface area contributed by atoms with Crippen LogP contribution in [0.25, 0.3) is 5.57 Å². The highest BCUT2D eigenvalue weighted by Crippen LogP contribution is 2.42. The van der Waals surface area contributed by atoms with Crippen LogP contribution in [0.3, 0.4) is 0 Å². The second kappa shape index (κ2) is 8.33. The first-order valence-corrected chi connectivity index (χ1v) is 10.3. The van der Waals surface area contributed by atoms with E-state index in [4.69, 9.17) is 9.47 Å². The maximum atomic E-state index is 13.5. The molecule has 0 atom stereocenters. The number of ether oxygens (including phenoxy) is 2. The average molecular weight is 412 g/mol. The second-order valence-corrected chi connectivity index (χ2v) is 8.76. The number of methoxy groups -OCH3 is 2. The van der Waals surface area contributed by atoms with Crippen molar-refractivity contribution >= 4 is 34.8 Å². The summed E-state index contributed by atoms with van der Waals surface area (Å²) >= 11 is 1.40. The molecule has 6 heteroatoms. The first-order chi connectivity index (χ1) is 13.8. The molecule has 0 aromatic heterocycles. The molecular formula is C23H25NO4S. The van der Waals surface area contributed by atoms with Gasteiger partial charge >= 0.3 is 0 Å². The number of thioether (sulfide) groups is 1. The van der Waals surface area contributed by atoms with Crippen molar-refractivity contribution in [2.24, 2.45) is 0 Å². The minimum atomic E-state index is -0.320. The molecule has 0 saturated heterocycles. The van der Waals surface area contributed by atoms with E-state index in [9.17, 15) is 9.59 Å². The van der Waals surface area contributed by atoms with E-state index >= 15 is 0 Å². The Morgan fingerprint density at radius 3 is 2.21 bits per heavy atom. The number of imide groups is 1. The predicted molar refractivity (Wildman–Crippen MR) is 118 cm³/mol. The zero-order valence-electron chi connectivity index (χ0n) is 17.5. The van der Waals surface area contributed by atoms with Crippen LogP contribution in [0.5, 0.6) is 11.5 Å². The van der Waals surface area contributed by atoms with Crippen LogP contribution >= 0.6 is 11.8 Å². The van der Waals surface area contributed by atoms with E-state index in [1.54, 1.807) is 32.4 Å². The van der Waals surface area contributed by atoms with Crippen molar-refractivity contribution < 1.29 is 19.1 Å². The summed E-state index contributed by atoms with van der Waals surface area (Å²) in [5.41, 5.74) is 3.52. The van der Waals surface area contributed by atoms with Crippen molar-refractivity contribution in [1.29, 1.82) is 0 Å². The topological polar surface area (TPSA) is 55.8 Å². The maximum Gasteiger partial charge on any atom is 0.272 e. The summed E-state index contributed by atoms with van der Waals surface area (Å²) in [6, 6.07) is 11.0. The average Bonchev–Trinajstić information content (AvgIpc) is 2.92. The Labute approximate surface area is 175 Å². The third kappa shape index (κ3) is 3.90. The lowest BCUT2D eigenvalue weighted by atomic mass is 10.0. The van der Waals surface area contributed by atoms with Crippen molar-refractivity contribution in [3.05, 3.63) is 58.0 Å². The predicted octanol–water partition coefficient (Wildman–Crippen LogP) is 4.75. The lowest BCUT2D eigenvalue weighted by Gasteiger charge is -2.18. The molecule has 1 aliphatic heterocycles. The molecule has 152 valence electrons. The molecule has 0 N–H and O–H groups in total. The molecule has 0 spiro atoms. The summed E-state index contributed by atoms with van der Waals surface area (Å²) in [5, 5.41) is 0.149. The lowest BCUT2D eigenvalue weighted by Crippen LogP contribution is -2.32. The van der Waals surface area contributed by atoms with E-state index < -0.39 is 0 Å². The second-order valence-electron chi connectivity index (χ2n) is 7.18. The Bertz CT molecular complexity index is 1010. The van der Waals surface area contributed by atoms with Crippen LogP contribution in [0.2, 0.25) is 0 Å². The summed E-state index contributed by atoms with van der Waals surface area (Å²) in [5.74, 6) is 0.473. The van der Waals surface area contributed by atoms with Gasteiger partial charge in [-0.1, -0.05) is 32.0 Å². The lowest BCUT2D eigenvalue weighted by molar-refractivity contribution is -0.119. The number of benzene rings is 2. The third-order valence-electron chi connectivity index (χ3n) is 4.67. The quantitative estimate of drug-likeness (QED) is 0.642. The Morgan fingerprint density at radius 2 is 1.59 bits per heavy atom. The van der Waals surface area contributed by atoms with Crippen molar-refractivity contribution in [3.8, 4) is 11.5 Å².